The molecule has 0 aliphatic rings. The van der Waals surface area contributed by atoms with Crippen molar-refractivity contribution < 1.29 is 9.18 Å². The van der Waals surface area contributed by atoms with Crippen molar-refractivity contribution in [3.63, 3.8) is 0 Å². The van der Waals surface area contributed by atoms with Gasteiger partial charge in [0.1, 0.15) is 11.7 Å². The van der Waals surface area contributed by atoms with Gasteiger partial charge in [-0.3, -0.25) is 4.79 Å². The van der Waals surface area contributed by atoms with E-state index in [0.717, 1.165) is 18.4 Å². The van der Waals surface area contributed by atoms with Gasteiger partial charge >= 0.3 is 0 Å². The summed E-state index contributed by atoms with van der Waals surface area (Å²) in [5.41, 5.74) is 0.805. The van der Waals surface area contributed by atoms with Gasteiger partial charge in [0.05, 0.1) is 6.07 Å². The molecule has 0 N–H and O–H groups in total. The Morgan fingerprint density at radius 1 is 1.25 bits per heavy atom. The minimum absolute atomic E-state index is 0.125. The maximum absolute atomic E-state index is 12.9. The third kappa shape index (κ3) is 4.65. The molecule has 0 spiro atoms. The van der Waals surface area contributed by atoms with Gasteiger partial charge in [0, 0.05) is 13.1 Å². The molecule has 1 amide bonds. The van der Waals surface area contributed by atoms with Crippen molar-refractivity contribution >= 4 is 5.91 Å². The Bertz CT molecular complexity index is 458. The lowest BCUT2D eigenvalue weighted by atomic mass is 9.99. The van der Waals surface area contributed by atoms with Gasteiger partial charge in [-0.1, -0.05) is 26.0 Å². The van der Waals surface area contributed by atoms with E-state index < -0.39 is 5.92 Å². The fourth-order valence-electron chi connectivity index (χ4n) is 2.14. The van der Waals surface area contributed by atoms with Crippen molar-refractivity contribution in [1.82, 2.24) is 4.90 Å². The molecule has 4 heteroatoms. The van der Waals surface area contributed by atoms with Crippen LogP contribution >= 0.6 is 0 Å². The zero-order valence-electron chi connectivity index (χ0n) is 12.1. The Morgan fingerprint density at radius 2 is 1.80 bits per heavy atom. The van der Waals surface area contributed by atoms with Crippen LogP contribution in [0.25, 0.3) is 0 Å². The normalized spacial score (nSPS) is 11.7. The summed E-state index contributed by atoms with van der Waals surface area (Å²) in [5, 5.41) is 9.23. The fourth-order valence-corrected chi connectivity index (χ4v) is 2.14. The monoisotopic (exact) mass is 276 g/mol. The lowest BCUT2D eigenvalue weighted by molar-refractivity contribution is -0.133. The van der Waals surface area contributed by atoms with E-state index in [1.807, 2.05) is 13.8 Å². The van der Waals surface area contributed by atoms with Gasteiger partial charge in [0.25, 0.3) is 0 Å². The molecule has 0 bridgehead atoms. The second kappa shape index (κ2) is 8.31. The summed E-state index contributed by atoms with van der Waals surface area (Å²) in [7, 11) is 0. The summed E-state index contributed by atoms with van der Waals surface area (Å²) in [4.78, 5) is 14.1. The minimum atomic E-state index is -0.696. The number of nitrogens with zero attached hydrogens (tertiary/aromatic N) is 2. The van der Waals surface area contributed by atoms with Crippen molar-refractivity contribution in [2.75, 3.05) is 13.1 Å². The van der Waals surface area contributed by atoms with Gasteiger partial charge in [0.15, 0.2) is 0 Å². The Hall–Kier alpha value is -1.89. The van der Waals surface area contributed by atoms with Gasteiger partial charge in [-0.2, -0.15) is 5.26 Å². The molecule has 0 heterocycles. The first-order valence-electron chi connectivity index (χ1n) is 7.05. The number of carbonyl (C=O) groups is 1. The number of halogens is 1. The van der Waals surface area contributed by atoms with Crippen molar-refractivity contribution in [3.8, 4) is 6.07 Å². The first-order chi connectivity index (χ1) is 9.62. The van der Waals surface area contributed by atoms with Crippen LogP contribution < -0.4 is 0 Å². The molecular weight excluding hydrogens is 255 g/mol. The number of hydrogen-bond donors (Lipinski definition) is 0. The minimum Gasteiger partial charge on any atom is -0.342 e. The maximum atomic E-state index is 12.9. The highest BCUT2D eigenvalue weighted by Gasteiger charge is 2.23. The fraction of sp³-hybridized carbons (Fsp3) is 0.500. The Balaban J connectivity index is 2.76. The number of rotatable bonds is 7. The molecule has 1 aromatic rings. The van der Waals surface area contributed by atoms with Crippen molar-refractivity contribution in [2.24, 2.45) is 5.92 Å². The number of amides is 1. The van der Waals surface area contributed by atoms with Gasteiger partial charge in [-0.15, -0.1) is 0 Å². The predicted molar refractivity (Wildman–Crippen MR) is 76.4 cm³/mol. The number of carbonyl (C=O) groups excluding carboxylic acids is 1. The van der Waals surface area contributed by atoms with Crippen LogP contribution in [0.3, 0.4) is 0 Å². The van der Waals surface area contributed by atoms with Crippen molar-refractivity contribution in [3.05, 3.63) is 35.6 Å². The third-order valence-corrected chi connectivity index (χ3v) is 3.11. The highest BCUT2D eigenvalue weighted by Crippen LogP contribution is 2.13. The van der Waals surface area contributed by atoms with Gasteiger partial charge in [-0.25, -0.2) is 4.39 Å². The van der Waals surface area contributed by atoms with Crippen LogP contribution in [0.15, 0.2) is 24.3 Å². The molecule has 0 saturated heterocycles. The van der Waals surface area contributed by atoms with Crippen LogP contribution in [0, 0.1) is 23.1 Å². The van der Waals surface area contributed by atoms with Crippen molar-refractivity contribution in [1.29, 1.82) is 5.26 Å². The average molecular weight is 276 g/mol. The zero-order chi connectivity index (χ0) is 15.0. The summed E-state index contributed by atoms with van der Waals surface area (Å²) in [6.45, 7) is 5.37. The van der Waals surface area contributed by atoms with E-state index in [4.69, 9.17) is 0 Å². The summed E-state index contributed by atoms with van der Waals surface area (Å²) in [6.07, 6.45) is 2.08. The largest absolute Gasteiger partial charge is 0.342 e. The van der Waals surface area contributed by atoms with E-state index in [1.165, 1.54) is 12.1 Å². The van der Waals surface area contributed by atoms with Gasteiger partial charge < -0.3 is 4.90 Å². The van der Waals surface area contributed by atoms with Crippen LogP contribution in [-0.4, -0.2) is 23.9 Å². The third-order valence-electron chi connectivity index (χ3n) is 3.11. The van der Waals surface area contributed by atoms with E-state index in [2.05, 4.69) is 6.07 Å². The van der Waals surface area contributed by atoms with E-state index in [0.29, 0.717) is 19.5 Å². The summed E-state index contributed by atoms with van der Waals surface area (Å²) in [6, 6.07) is 8.02. The molecule has 108 valence electrons. The molecule has 0 fully saturated rings. The highest BCUT2D eigenvalue weighted by molar-refractivity contribution is 5.81. The molecule has 1 rings (SSSR count). The molecule has 0 aliphatic heterocycles. The van der Waals surface area contributed by atoms with E-state index in [1.54, 1.807) is 17.0 Å². The number of benzene rings is 1. The van der Waals surface area contributed by atoms with E-state index >= 15 is 0 Å². The summed E-state index contributed by atoms with van der Waals surface area (Å²) in [5.74, 6) is -1.13. The number of nitriles is 1. The molecular formula is C16H21FN2O. The molecule has 1 aromatic carbocycles. The molecule has 0 aromatic heterocycles. The smallest absolute Gasteiger partial charge is 0.240 e. The molecule has 0 radical (unpaired) electrons. The van der Waals surface area contributed by atoms with Gasteiger partial charge in [-0.05, 0) is 37.0 Å². The topological polar surface area (TPSA) is 44.1 Å². The second-order valence-corrected chi connectivity index (χ2v) is 4.84. The summed E-state index contributed by atoms with van der Waals surface area (Å²) >= 11 is 0. The lowest BCUT2D eigenvalue weighted by Crippen LogP contribution is -2.37. The summed E-state index contributed by atoms with van der Waals surface area (Å²) < 4.78 is 12.9. The first-order valence-corrected chi connectivity index (χ1v) is 7.05. The molecule has 1 unspecified atom stereocenters. The van der Waals surface area contributed by atoms with Crippen LogP contribution in [0.1, 0.15) is 32.3 Å². The SMILES string of the molecule is CCCN(CCC)C(=O)C(C#N)Cc1ccc(F)cc1. The van der Waals surface area contributed by atoms with Gasteiger partial charge in [0.2, 0.25) is 5.91 Å². The predicted octanol–water partition coefficient (Wildman–Crippen LogP) is 3.16. The zero-order valence-corrected chi connectivity index (χ0v) is 12.1. The van der Waals surface area contributed by atoms with Crippen LogP contribution in [0.2, 0.25) is 0 Å². The second-order valence-electron chi connectivity index (χ2n) is 4.84. The maximum Gasteiger partial charge on any atom is 0.240 e. The molecule has 20 heavy (non-hydrogen) atoms. The molecule has 1 atom stereocenters. The first kappa shape index (κ1) is 16.2. The Kier molecular flexibility index (Phi) is 6.72. The standard InChI is InChI=1S/C16H21FN2O/c1-3-9-19(10-4-2)16(20)14(12-18)11-13-5-7-15(17)8-6-13/h5-8,14H,3-4,9-11H2,1-2H3. The molecule has 0 aliphatic carbocycles. The molecule has 0 saturated carbocycles. The Labute approximate surface area is 120 Å². The number of hydrogen-bond acceptors (Lipinski definition) is 2. The van der Waals surface area contributed by atoms with Crippen molar-refractivity contribution in [2.45, 2.75) is 33.1 Å². The quantitative estimate of drug-likeness (QED) is 0.768. The highest BCUT2D eigenvalue weighted by atomic mass is 19.1. The van der Waals surface area contributed by atoms with E-state index in [9.17, 15) is 14.4 Å². The van der Waals surface area contributed by atoms with Crippen LogP contribution in [0.4, 0.5) is 4.39 Å². The average Bonchev–Trinajstić information content (AvgIpc) is 2.46. The Morgan fingerprint density at radius 3 is 2.25 bits per heavy atom. The van der Waals surface area contributed by atoms with Crippen LogP contribution in [0.5, 0.6) is 0 Å². The lowest BCUT2D eigenvalue weighted by Gasteiger charge is -2.23. The molecule has 3 nitrogen and oxygen atoms in total. The van der Waals surface area contributed by atoms with E-state index in [-0.39, 0.29) is 11.7 Å². The van der Waals surface area contributed by atoms with Crippen LogP contribution in [-0.2, 0) is 11.2 Å².